The molecule has 3 rings (SSSR count). The fraction of sp³-hybridized carbons (Fsp3) is 0.176. The molecule has 3 aromatic rings. The van der Waals surface area contributed by atoms with Crippen molar-refractivity contribution in [1.29, 1.82) is 0 Å². The number of aromatic nitrogens is 3. The Hall–Kier alpha value is -2.40. The number of nitrogens with zero attached hydrogens (tertiary/aromatic N) is 2. The van der Waals surface area contributed by atoms with E-state index in [4.69, 9.17) is 17.0 Å². The summed E-state index contributed by atoms with van der Waals surface area (Å²) in [5, 5.41) is 7.28. The molecule has 0 radical (unpaired) electrons. The van der Waals surface area contributed by atoms with Gasteiger partial charge in [0, 0.05) is 6.42 Å². The van der Waals surface area contributed by atoms with Gasteiger partial charge in [0.1, 0.15) is 11.6 Å². The number of aromatic amines is 1. The van der Waals surface area contributed by atoms with Crippen LogP contribution in [-0.4, -0.2) is 21.9 Å². The molecule has 2 aromatic carbocycles. The van der Waals surface area contributed by atoms with Gasteiger partial charge in [-0.05, 0) is 48.5 Å². The smallest absolute Gasteiger partial charge is 0.199 e. The number of benzene rings is 2. The Balaban J connectivity index is 1.99. The second-order valence-corrected chi connectivity index (χ2v) is 5.48. The summed E-state index contributed by atoms with van der Waals surface area (Å²) in [4.78, 5) is 0. The first kappa shape index (κ1) is 14.5. The molecule has 0 aliphatic rings. The zero-order valence-corrected chi connectivity index (χ0v) is 13.4. The largest absolute Gasteiger partial charge is 0.497 e. The van der Waals surface area contributed by atoms with E-state index in [9.17, 15) is 0 Å². The van der Waals surface area contributed by atoms with Gasteiger partial charge in [-0.25, -0.2) is 0 Å². The van der Waals surface area contributed by atoms with E-state index in [-0.39, 0.29) is 0 Å². The normalized spacial score (nSPS) is 10.6. The number of H-pyrrole nitrogens is 1. The second-order valence-electron chi connectivity index (χ2n) is 5.09. The number of hydrogen-bond donors (Lipinski definition) is 1. The van der Waals surface area contributed by atoms with Crippen molar-refractivity contribution in [1.82, 2.24) is 14.8 Å². The number of rotatable bonds is 4. The van der Waals surface area contributed by atoms with Crippen LogP contribution in [0.5, 0.6) is 5.75 Å². The molecule has 0 bridgehead atoms. The van der Waals surface area contributed by atoms with Crippen LogP contribution in [-0.2, 0) is 6.42 Å². The Morgan fingerprint density at radius 2 is 1.86 bits per heavy atom. The molecule has 0 fully saturated rings. The van der Waals surface area contributed by atoms with Gasteiger partial charge < -0.3 is 4.74 Å². The number of para-hydroxylation sites is 1. The summed E-state index contributed by atoms with van der Waals surface area (Å²) in [6.45, 7) is 2.07. The number of aryl methyl sites for hydroxylation is 1. The minimum atomic E-state index is 0.609. The predicted octanol–water partition coefficient (Wildman–Crippen LogP) is 3.84. The summed E-state index contributed by atoms with van der Waals surface area (Å²) in [7, 11) is 1.67. The molecule has 0 aliphatic carbocycles. The highest BCUT2D eigenvalue weighted by molar-refractivity contribution is 7.71. The van der Waals surface area contributed by atoms with Gasteiger partial charge in [0.25, 0.3) is 0 Å². The van der Waals surface area contributed by atoms with Crippen LogP contribution in [0.25, 0.3) is 5.69 Å². The topological polar surface area (TPSA) is 42.8 Å². The zero-order chi connectivity index (χ0) is 15.5. The lowest BCUT2D eigenvalue weighted by Gasteiger charge is -2.10. The molecule has 1 N–H and O–H groups in total. The Kier molecular flexibility index (Phi) is 4.06. The van der Waals surface area contributed by atoms with E-state index in [1.165, 1.54) is 0 Å². The lowest BCUT2D eigenvalue weighted by atomic mass is 10.1. The Morgan fingerprint density at radius 1 is 1.14 bits per heavy atom. The summed E-state index contributed by atoms with van der Waals surface area (Å²) >= 11 is 5.40. The SMILES string of the molecule is COc1ccc(Cc2n[nH]c(=S)n2-c2ccccc2C)cc1. The molecule has 22 heavy (non-hydrogen) atoms. The van der Waals surface area contributed by atoms with Crippen LogP contribution in [0.1, 0.15) is 17.0 Å². The first-order chi connectivity index (χ1) is 10.7. The van der Waals surface area contributed by atoms with Crippen LogP contribution >= 0.6 is 12.2 Å². The lowest BCUT2D eigenvalue weighted by molar-refractivity contribution is 0.414. The average Bonchev–Trinajstić information content (AvgIpc) is 2.89. The van der Waals surface area contributed by atoms with E-state index in [2.05, 4.69) is 29.3 Å². The van der Waals surface area contributed by atoms with Gasteiger partial charge in [-0.2, -0.15) is 5.10 Å². The van der Waals surface area contributed by atoms with E-state index in [0.717, 1.165) is 28.4 Å². The fourth-order valence-corrected chi connectivity index (χ4v) is 2.69. The number of methoxy groups -OCH3 is 1. The van der Waals surface area contributed by atoms with E-state index in [1.807, 2.05) is 41.0 Å². The van der Waals surface area contributed by atoms with Crippen molar-refractivity contribution in [2.24, 2.45) is 0 Å². The van der Waals surface area contributed by atoms with Crippen LogP contribution < -0.4 is 4.74 Å². The van der Waals surface area contributed by atoms with Crippen LogP contribution in [0, 0.1) is 11.7 Å². The van der Waals surface area contributed by atoms with Crippen molar-refractivity contribution in [2.45, 2.75) is 13.3 Å². The summed E-state index contributed by atoms with van der Waals surface area (Å²) in [5.41, 5.74) is 3.38. The van der Waals surface area contributed by atoms with E-state index >= 15 is 0 Å². The number of nitrogens with one attached hydrogen (secondary N) is 1. The Bertz CT molecular complexity index is 834. The third kappa shape index (κ3) is 2.80. The highest BCUT2D eigenvalue weighted by atomic mass is 32.1. The van der Waals surface area contributed by atoms with Gasteiger partial charge in [-0.3, -0.25) is 9.67 Å². The maximum absolute atomic E-state index is 5.40. The molecule has 0 amide bonds. The molecule has 0 atom stereocenters. The summed E-state index contributed by atoms with van der Waals surface area (Å²) in [5.74, 6) is 1.74. The number of ether oxygens (including phenoxy) is 1. The highest BCUT2D eigenvalue weighted by Gasteiger charge is 2.10. The van der Waals surface area contributed by atoms with Crippen molar-refractivity contribution in [2.75, 3.05) is 7.11 Å². The van der Waals surface area contributed by atoms with E-state index < -0.39 is 0 Å². The molecular weight excluding hydrogens is 294 g/mol. The highest BCUT2D eigenvalue weighted by Crippen LogP contribution is 2.19. The number of hydrogen-bond acceptors (Lipinski definition) is 3. The Morgan fingerprint density at radius 3 is 2.55 bits per heavy atom. The summed E-state index contributed by atoms with van der Waals surface area (Å²) in [6.07, 6.45) is 0.700. The molecule has 0 saturated carbocycles. The lowest BCUT2D eigenvalue weighted by Crippen LogP contribution is -2.04. The maximum Gasteiger partial charge on any atom is 0.199 e. The van der Waals surface area contributed by atoms with Gasteiger partial charge >= 0.3 is 0 Å². The molecule has 4 nitrogen and oxygen atoms in total. The van der Waals surface area contributed by atoms with Crippen LogP contribution in [0.4, 0.5) is 0 Å². The van der Waals surface area contributed by atoms with Crippen molar-refractivity contribution < 1.29 is 4.74 Å². The minimum absolute atomic E-state index is 0.609. The molecule has 1 heterocycles. The molecule has 0 aliphatic heterocycles. The molecule has 0 unspecified atom stereocenters. The zero-order valence-electron chi connectivity index (χ0n) is 12.5. The minimum Gasteiger partial charge on any atom is -0.497 e. The summed E-state index contributed by atoms with van der Waals surface area (Å²) in [6, 6.07) is 16.1. The first-order valence-corrected chi connectivity index (χ1v) is 7.45. The molecule has 112 valence electrons. The van der Waals surface area contributed by atoms with Gasteiger partial charge in [-0.15, -0.1) is 0 Å². The predicted molar refractivity (Wildman–Crippen MR) is 89.3 cm³/mol. The second kappa shape index (κ2) is 6.15. The monoisotopic (exact) mass is 311 g/mol. The van der Waals surface area contributed by atoms with Crippen LogP contribution in [0.2, 0.25) is 0 Å². The van der Waals surface area contributed by atoms with Gasteiger partial charge in [-0.1, -0.05) is 30.3 Å². The van der Waals surface area contributed by atoms with Crippen molar-refractivity contribution >= 4 is 12.2 Å². The standard InChI is InChI=1S/C17H17N3OS/c1-12-5-3-4-6-15(12)20-16(18-19-17(20)22)11-13-7-9-14(21-2)10-8-13/h3-10H,11H2,1-2H3,(H,19,22). The average molecular weight is 311 g/mol. The van der Waals surface area contributed by atoms with E-state index in [1.54, 1.807) is 7.11 Å². The molecule has 0 saturated heterocycles. The maximum atomic E-state index is 5.40. The van der Waals surface area contributed by atoms with Crippen LogP contribution in [0.15, 0.2) is 48.5 Å². The Labute approximate surface area is 134 Å². The summed E-state index contributed by atoms with van der Waals surface area (Å²) < 4.78 is 7.79. The third-order valence-electron chi connectivity index (χ3n) is 3.62. The van der Waals surface area contributed by atoms with Crippen LogP contribution in [0.3, 0.4) is 0 Å². The van der Waals surface area contributed by atoms with E-state index in [0.29, 0.717) is 11.2 Å². The fourth-order valence-electron chi connectivity index (χ4n) is 2.44. The third-order valence-corrected chi connectivity index (χ3v) is 3.89. The quantitative estimate of drug-likeness (QED) is 0.745. The van der Waals surface area contributed by atoms with Gasteiger partial charge in [0.05, 0.1) is 12.8 Å². The van der Waals surface area contributed by atoms with Crippen molar-refractivity contribution in [3.05, 3.63) is 70.3 Å². The molecular formula is C17H17N3OS. The molecule has 1 aromatic heterocycles. The van der Waals surface area contributed by atoms with Gasteiger partial charge in [0.2, 0.25) is 0 Å². The molecule has 0 spiro atoms. The van der Waals surface area contributed by atoms with Crippen molar-refractivity contribution in [3.63, 3.8) is 0 Å². The molecule has 5 heteroatoms. The van der Waals surface area contributed by atoms with Gasteiger partial charge in [0.15, 0.2) is 4.77 Å². The van der Waals surface area contributed by atoms with Crippen molar-refractivity contribution in [3.8, 4) is 11.4 Å². The first-order valence-electron chi connectivity index (χ1n) is 7.04.